The molecule has 0 spiro atoms. The number of hydrogen-bond donors (Lipinski definition) is 1. The fraction of sp³-hybridized carbons (Fsp3) is 0.267. The van der Waals surface area contributed by atoms with Crippen LogP contribution in [-0.4, -0.2) is 40.9 Å². The predicted molar refractivity (Wildman–Crippen MR) is 81.7 cm³/mol. The summed E-state index contributed by atoms with van der Waals surface area (Å²) in [4.78, 5) is 10.6. The fourth-order valence-corrected chi connectivity index (χ4v) is 2.25. The van der Waals surface area contributed by atoms with Crippen molar-refractivity contribution in [1.29, 1.82) is 0 Å². The molecule has 6 nitrogen and oxygen atoms in total. The number of hydrogen-bond acceptors (Lipinski definition) is 5. The Morgan fingerprint density at radius 1 is 1.19 bits per heavy atom. The van der Waals surface area contributed by atoms with Crippen LogP contribution in [-0.2, 0) is 6.42 Å². The molecule has 0 amide bonds. The van der Waals surface area contributed by atoms with Gasteiger partial charge in [0.2, 0.25) is 0 Å². The molecule has 0 fully saturated rings. The molecule has 0 radical (unpaired) electrons. The first-order valence-corrected chi connectivity index (χ1v) is 6.76. The van der Waals surface area contributed by atoms with Crippen molar-refractivity contribution in [3.63, 3.8) is 0 Å². The van der Waals surface area contributed by atoms with Crippen LogP contribution >= 0.6 is 0 Å². The molecule has 0 atom stereocenters. The van der Waals surface area contributed by atoms with E-state index in [4.69, 9.17) is 4.74 Å². The number of H-pyrrole nitrogens is 1. The van der Waals surface area contributed by atoms with Crippen LogP contribution in [0.15, 0.2) is 36.8 Å². The fourth-order valence-electron chi connectivity index (χ4n) is 2.25. The van der Waals surface area contributed by atoms with Crippen LogP contribution in [0.4, 0.5) is 5.82 Å². The first kappa shape index (κ1) is 13.4. The van der Waals surface area contributed by atoms with E-state index in [-0.39, 0.29) is 0 Å². The highest BCUT2D eigenvalue weighted by Gasteiger charge is 2.09. The minimum absolute atomic E-state index is 0.760. The average Bonchev–Trinajstić information content (AvgIpc) is 3.01. The molecule has 2 aromatic heterocycles. The summed E-state index contributed by atoms with van der Waals surface area (Å²) in [5.74, 6) is 1.77. The molecule has 0 aliphatic carbocycles. The van der Waals surface area contributed by atoms with Crippen molar-refractivity contribution in [3.05, 3.63) is 42.4 Å². The lowest BCUT2D eigenvalue weighted by atomic mass is 10.1. The molecular weight excluding hydrogens is 266 g/mol. The Labute approximate surface area is 122 Å². The number of benzene rings is 1. The molecule has 0 aliphatic heterocycles. The Hall–Kier alpha value is -2.63. The van der Waals surface area contributed by atoms with Crippen LogP contribution in [0.25, 0.3) is 11.0 Å². The summed E-state index contributed by atoms with van der Waals surface area (Å²) < 4.78 is 5.17. The summed E-state index contributed by atoms with van der Waals surface area (Å²) in [6.45, 7) is 0.865. The van der Waals surface area contributed by atoms with Crippen molar-refractivity contribution in [2.24, 2.45) is 0 Å². The molecular formula is C15H17N5O. The third-order valence-electron chi connectivity index (χ3n) is 3.48. The molecule has 0 unspecified atom stereocenters. The van der Waals surface area contributed by atoms with Crippen LogP contribution in [0, 0.1) is 0 Å². The van der Waals surface area contributed by atoms with Crippen LogP contribution in [0.2, 0.25) is 0 Å². The van der Waals surface area contributed by atoms with E-state index in [1.165, 1.54) is 5.56 Å². The lowest BCUT2D eigenvalue weighted by molar-refractivity contribution is 0.414. The first-order chi connectivity index (χ1) is 10.3. The minimum atomic E-state index is 0.760. The average molecular weight is 283 g/mol. The van der Waals surface area contributed by atoms with E-state index in [1.54, 1.807) is 19.6 Å². The molecule has 1 N–H and O–H groups in total. The van der Waals surface area contributed by atoms with Gasteiger partial charge in [0.15, 0.2) is 5.65 Å². The number of rotatable bonds is 5. The highest BCUT2D eigenvalue weighted by molar-refractivity contribution is 5.85. The maximum absolute atomic E-state index is 5.17. The zero-order valence-corrected chi connectivity index (χ0v) is 12.1. The number of methoxy groups -OCH3 is 1. The monoisotopic (exact) mass is 283 g/mol. The number of nitrogens with one attached hydrogen (secondary N) is 1. The summed E-state index contributed by atoms with van der Waals surface area (Å²) in [6, 6.07) is 8.13. The lowest BCUT2D eigenvalue weighted by Gasteiger charge is -2.18. The van der Waals surface area contributed by atoms with E-state index in [9.17, 15) is 0 Å². The topological polar surface area (TPSA) is 66.9 Å². The second-order valence-corrected chi connectivity index (χ2v) is 4.85. The molecule has 21 heavy (non-hydrogen) atoms. The molecule has 3 rings (SSSR count). The Morgan fingerprint density at radius 3 is 2.76 bits per heavy atom. The van der Waals surface area contributed by atoms with E-state index < -0.39 is 0 Å². The predicted octanol–water partition coefficient (Wildman–Crippen LogP) is 2.04. The Balaban J connectivity index is 1.71. The van der Waals surface area contributed by atoms with E-state index in [1.807, 2.05) is 19.2 Å². The van der Waals surface area contributed by atoms with Gasteiger partial charge in [0.25, 0.3) is 0 Å². The molecule has 0 saturated heterocycles. The minimum Gasteiger partial charge on any atom is -0.497 e. The number of anilines is 1. The number of aromatic nitrogens is 4. The SMILES string of the molecule is COc1ccc(CCN(C)c2ncnc3[nH]ncc23)cc1. The lowest BCUT2D eigenvalue weighted by Crippen LogP contribution is -2.21. The zero-order chi connectivity index (χ0) is 14.7. The standard InChI is InChI=1S/C15H17N5O/c1-20(8-7-11-3-5-12(21-2)6-4-11)15-13-9-18-19-14(13)16-10-17-15/h3-6,9-10H,7-8H2,1-2H3,(H,16,17,18,19). The quantitative estimate of drug-likeness (QED) is 0.776. The van der Waals surface area contributed by atoms with Crippen molar-refractivity contribution in [2.45, 2.75) is 6.42 Å². The van der Waals surface area contributed by atoms with E-state index in [2.05, 4.69) is 37.2 Å². The number of fused-ring (bicyclic) bond motifs is 1. The highest BCUT2D eigenvalue weighted by Crippen LogP contribution is 2.20. The number of nitrogens with zero attached hydrogens (tertiary/aromatic N) is 4. The first-order valence-electron chi connectivity index (χ1n) is 6.76. The summed E-state index contributed by atoms with van der Waals surface area (Å²) in [6.07, 6.45) is 4.25. The second-order valence-electron chi connectivity index (χ2n) is 4.85. The summed E-state index contributed by atoms with van der Waals surface area (Å²) in [7, 11) is 3.70. The molecule has 0 aliphatic rings. The molecule has 3 aromatic rings. The van der Waals surface area contributed by atoms with Gasteiger partial charge in [-0.2, -0.15) is 5.10 Å². The van der Waals surface area contributed by atoms with Crippen LogP contribution < -0.4 is 9.64 Å². The van der Waals surface area contributed by atoms with Gasteiger partial charge in [0.05, 0.1) is 18.7 Å². The van der Waals surface area contributed by atoms with Gasteiger partial charge in [-0.25, -0.2) is 9.97 Å². The normalized spacial score (nSPS) is 10.8. The molecule has 0 saturated carbocycles. The van der Waals surface area contributed by atoms with Gasteiger partial charge >= 0.3 is 0 Å². The molecule has 2 heterocycles. The summed E-state index contributed by atoms with van der Waals surface area (Å²) >= 11 is 0. The maximum Gasteiger partial charge on any atom is 0.160 e. The largest absolute Gasteiger partial charge is 0.497 e. The van der Waals surface area contributed by atoms with Gasteiger partial charge in [0, 0.05) is 13.6 Å². The molecule has 108 valence electrons. The van der Waals surface area contributed by atoms with Crippen molar-refractivity contribution < 1.29 is 4.74 Å². The summed E-state index contributed by atoms with van der Waals surface area (Å²) in [5.41, 5.74) is 2.02. The van der Waals surface area contributed by atoms with Crippen LogP contribution in [0.5, 0.6) is 5.75 Å². The van der Waals surface area contributed by atoms with Crippen molar-refractivity contribution in [3.8, 4) is 5.75 Å². The van der Waals surface area contributed by atoms with Gasteiger partial charge in [-0.15, -0.1) is 0 Å². The Bertz CT molecular complexity index is 722. The van der Waals surface area contributed by atoms with E-state index in [0.29, 0.717) is 0 Å². The molecule has 1 aromatic carbocycles. The van der Waals surface area contributed by atoms with Crippen LogP contribution in [0.1, 0.15) is 5.56 Å². The smallest absolute Gasteiger partial charge is 0.160 e. The van der Waals surface area contributed by atoms with Gasteiger partial charge < -0.3 is 9.64 Å². The van der Waals surface area contributed by atoms with E-state index >= 15 is 0 Å². The molecule has 6 heteroatoms. The van der Waals surface area contributed by atoms with E-state index in [0.717, 1.165) is 35.6 Å². The second kappa shape index (κ2) is 5.78. The Morgan fingerprint density at radius 2 is 2.00 bits per heavy atom. The molecule has 0 bridgehead atoms. The van der Waals surface area contributed by atoms with Crippen LogP contribution in [0.3, 0.4) is 0 Å². The third kappa shape index (κ3) is 2.79. The van der Waals surface area contributed by atoms with Crippen molar-refractivity contribution in [1.82, 2.24) is 20.2 Å². The number of ether oxygens (including phenoxy) is 1. The zero-order valence-electron chi connectivity index (χ0n) is 12.1. The Kier molecular flexibility index (Phi) is 3.68. The third-order valence-corrected chi connectivity index (χ3v) is 3.48. The van der Waals surface area contributed by atoms with Gasteiger partial charge in [-0.1, -0.05) is 12.1 Å². The summed E-state index contributed by atoms with van der Waals surface area (Å²) in [5, 5.41) is 7.81. The van der Waals surface area contributed by atoms with Gasteiger partial charge in [-0.3, -0.25) is 5.10 Å². The van der Waals surface area contributed by atoms with Gasteiger partial charge in [-0.05, 0) is 24.1 Å². The number of likely N-dealkylation sites (N-methyl/N-ethyl adjacent to an activating group) is 1. The number of aromatic amines is 1. The highest BCUT2D eigenvalue weighted by atomic mass is 16.5. The van der Waals surface area contributed by atoms with Crippen molar-refractivity contribution in [2.75, 3.05) is 25.6 Å². The van der Waals surface area contributed by atoms with Gasteiger partial charge in [0.1, 0.15) is 17.9 Å². The van der Waals surface area contributed by atoms with Crippen molar-refractivity contribution >= 4 is 16.9 Å². The maximum atomic E-state index is 5.17.